The van der Waals surface area contributed by atoms with Crippen LogP contribution in [0.3, 0.4) is 0 Å². The molecule has 0 atom stereocenters. The lowest BCUT2D eigenvalue weighted by atomic mass is 10.2. The first-order chi connectivity index (χ1) is 12.5. The molecule has 2 amide bonds. The SMILES string of the molecule is O=C(Nc1cccc(NC(=O)c2cccc(F)c2)c1)c1cccc(F)c1. The second-order valence-electron chi connectivity index (χ2n) is 5.51. The van der Waals surface area contributed by atoms with Crippen molar-refractivity contribution in [2.24, 2.45) is 0 Å². The number of hydrogen-bond donors (Lipinski definition) is 2. The monoisotopic (exact) mass is 352 g/mol. The molecule has 2 N–H and O–H groups in total. The lowest BCUT2D eigenvalue weighted by Gasteiger charge is -2.09. The first kappa shape index (κ1) is 17.3. The van der Waals surface area contributed by atoms with Crippen molar-refractivity contribution in [2.45, 2.75) is 0 Å². The Hall–Kier alpha value is -3.54. The summed E-state index contributed by atoms with van der Waals surface area (Å²) in [5, 5.41) is 5.26. The fraction of sp³-hybridized carbons (Fsp3) is 0. The van der Waals surface area contributed by atoms with Gasteiger partial charge >= 0.3 is 0 Å². The van der Waals surface area contributed by atoms with Gasteiger partial charge in [0, 0.05) is 22.5 Å². The zero-order valence-electron chi connectivity index (χ0n) is 13.5. The van der Waals surface area contributed by atoms with Gasteiger partial charge in [-0.25, -0.2) is 8.78 Å². The van der Waals surface area contributed by atoms with E-state index in [0.717, 1.165) is 12.1 Å². The van der Waals surface area contributed by atoms with Gasteiger partial charge < -0.3 is 10.6 Å². The molecule has 4 nitrogen and oxygen atoms in total. The first-order valence-electron chi connectivity index (χ1n) is 7.75. The summed E-state index contributed by atoms with van der Waals surface area (Å²) >= 11 is 0. The fourth-order valence-electron chi connectivity index (χ4n) is 2.34. The average Bonchev–Trinajstić information content (AvgIpc) is 2.62. The van der Waals surface area contributed by atoms with Gasteiger partial charge in [0.15, 0.2) is 0 Å². The Labute approximate surface area is 148 Å². The average molecular weight is 352 g/mol. The van der Waals surface area contributed by atoms with Crippen LogP contribution in [0, 0.1) is 11.6 Å². The van der Waals surface area contributed by atoms with Gasteiger partial charge in [-0.15, -0.1) is 0 Å². The van der Waals surface area contributed by atoms with Gasteiger partial charge in [0.1, 0.15) is 11.6 Å². The number of benzene rings is 3. The van der Waals surface area contributed by atoms with Crippen molar-refractivity contribution in [3.8, 4) is 0 Å². The van der Waals surface area contributed by atoms with Crippen LogP contribution in [-0.4, -0.2) is 11.8 Å². The van der Waals surface area contributed by atoms with E-state index in [9.17, 15) is 18.4 Å². The maximum atomic E-state index is 13.2. The van der Waals surface area contributed by atoms with Gasteiger partial charge in [0.25, 0.3) is 11.8 Å². The second-order valence-corrected chi connectivity index (χ2v) is 5.51. The molecule has 3 rings (SSSR count). The Morgan fingerprint density at radius 3 is 1.46 bits per heavy atom. The Morgan fingerprint density at radius 2 is 1.04 bits per heavy atom. The molecule has 6 heteroatoms. The largest absolute Gasteiger partial charge is 0.322 e. The first-order valence-corrected chi connectivity index (χ1v) is 7.75. The van der Waals surface area contributed by atoms with Crippen LogP contribution in [0.4, 0.5) is 20.2 Å². The third-order valence-electron chi connectivity index (χ3n) is 3.55. The Bertz CT molecular complexity index is 899. The van der Waals surface area contributed by atoms with E-state index in [1.807, 2.05) is 0 Å². The molecule has 3 aromatic carbocycles. The molecular formula is C20H14F2N2O2. The number of hydrogen-bond acceptors (Lipinski definition) is 2. The van der Waals surface area contributed by atoms with Gasteiger partial charge in [-0.1, -0.05) is 18.2 Å². The maximum absolute atomic E-state index is 13.2. The van der Waals surface area contributed by atoms with Crippen molar-refractivity contribution in [2.75, 3.05) is 10.6 Å². The summed E-state index contributed by atoms with van der Waals surface area (Å²) in [5.41, 5.74) is 1.21. The number of amides is 2. The number of carbonyl (C=O) groups excluding carboxylic acids is 2. The van der Waals surface area contributed by atoms with E-state index in [-0.39, 0.29) is 11.1 Å². The van der Waals surface area contributed by atoms with Crippen molar-refractivity contribution in [1.82, 2.24) is 0 Å². The molecule has 0 heterocycles. The van der Waals surface area contributed by atoms with Crippen molar-refractivity contribution < 1.29 is 18.4 Å². The van der Waals surface area contributed by atoms with E-state index >= 15 is 0 Å². The van der Waals surface area contributed by atoms with Crippen LogP contribution in [0.15, 0.2) is 72.8 Å². The summed E-state index contributed by atoms with van der Waals surface area (Å²) in [6.45, 7) is 0. The van der Waals surface area contributed by atoms with Gasteiger partial charge in [-0.05, 0) is 54.6 Å². The minimum absolute atomic E-state index is 0.180. The highest BCUT2D eigenvalue weighted by Crippen LogP contribution is 2.17. The molecule has 0 aliphatic heterocycles. The molecule has 0 fully saturated rings. The molecule has 3 aromatic rings. The number of rotatable bonds is 4. The molecule has 0 aliphatic carbocycles. The summed E-state index contributed by atoms with van der Waals surface area (Å²) in [6.07, 6.45) is 0. The van der Waals surface area contributed by atoms with Crippen molar-refractivity contribution in [3.05, 3.63) is 95.6 Å². The zero-order chi connectivity index (χ0) is 18.5. The van der Waals surface area contributed by atoms with E-state index in [1.165, 1.54) is 36.4 Å². The highest BCUT2D eigenvalue weighted by atomic mass is 19.1. The molecule has 0 saturated heterocycles. The third kappa shape index (κ3) is 4.30. The van der Waals surface area contributed by atoms with Gasteiger partial charge in [-0.2, -0.15) is 0 Å². The second kappa shape index (κ2) is 7.57. The van der Waals surface area contributed by atoms with Crippen LogP contribution in [-0.2, 0) is 0 Å². The van der Waals surface area contributed by atoms with Crippen LogP contribution in [0.5, 0.6) is 0 Å². The highest BCUT2D eigenvalue weighted by Gasteiger charge is 2.10. The smallest absolute Gasteiger partial charge is 0.255 e. The molecule has 0 saturated carbocycles. The summed E-state index contributed by atoms with van der Waals surface area (Å²) in [5.74, 6) is -1.96. The van der Waals surface area contributed by atoms with Gasteiger partial charge in [-0.3, -0.25) is 9.59 Å². The number of nitrogens with one attached hydrogen (secondary N) is 2. The third-order valence-corrected chi connectivity index (χ3v) is 3.55. The lowest BCUT2D eigenvalue weighted by molar-refractivity contribution is 0.101. The van der Waals surface area contributed by atoms with Crippen molar-refractivity contribution >= 4 is 23.2 Å². The normalized spacial score (nSPS) is 10.2. The van der Waals surface area contributed by atoms with E-state index < -0.39 is 23.4 Å². The molecular weight excluding hydrogens is 338 g/mol. The highest BCUT2D eigenvalue weighted by molar-refractivity contribution is 6.06. The fourth-order valence-corrected chi connectivity index (χ4v) is 2.34. The zero-order valence-corrected chi connectivity index (χ0v) is 13.5. The molecule has 26 heavy (non-hydrogen) atoms. The predicted octanol–water partition coefficient (Wildman–Crippen LogP) is 4.47. The van der Waals surface area contributed by atoms with Crippen LogP contribution in [0.2, 0.25) is 0 Å². The topological polar surface area (TPSA) is 58.2 Å². The summed E-state index contributed by atoms with van der Waals surface area (Å²) in [7, 11) is 0. The minimum Gasteiger partial charge on any atom is -0.322 e. The molecule has 0 spiro atoms. The van der Waals surface area contributed by atoms with Crippen LogP contribution >= 0.6 is 0 Å². The number of anilines is 2. The molecule has 130 valence electrons. The summed E-state index contributed by atoms with van der Waals surface area (Å²) in [4.78, 5) is 24.3. The van der Waals surface area contributed by atoms with Crippen molar-refractivity contribution in [3.63, 3.8) is 0 Å². The van der Waals surface area contributed by atoms with Gasteiger partial charge in [0.05, 0.1) is 0 Å². The van der Waals surface area contributed by atoms with Crippen molar-refractivity contribution in [1.29, 1.82) is 0 Å². The Balaban J connectivity index is 1.72. The Kier molecular flexibility index (Phi) is 5.03. The maximum Gasteiger partial charge on any atom is 0.255 e. The van der Waals surface area contributed by atoms with E-state index in [1.54, 1.807) is 24.3 Å². The summed E-state index contributed by atoms with van der Waals surface area (Å²) in [6, 6.07) is 17.1. The standard InChI is InChI=1S/C20H14F2N2O2/c21-15-6-1-4-13(10-15)19(25)23-17-8-3-9-18(12-17)24-20(26)14-5-2-7-16(22)11-14/h1-12H,(H,23,25)(H,24,26). The van der Waals surface area contributed by atoms with E-state index in [0.29, 0.717) is 11.4 Å². The van der Waals surface area contributed by atoms with Crippen LogP contribution in [0.25, 0.3) is 0 Å². The molecule has 0 radical (unpaired) electrons. The molecule has 0 aromatic heterocycles. The molecule has 0 aliphatic rings. The van der Waals surface area contributed by atoms with E-state index in [2.05, 4.69) is 10.6 Å². The number of carbonyl (C=O) groups is 2. The predicted molar refractivity (Wildman–Crippen MR) is 95.1 cm³/mol. The quantitative estimate of drug-likeness (QED) is 0.728. The number of halogens is 2. The molecule has 0 bridgehead atoms. The van der Waals surface area contributed by atoms with E-state index in [4.69, 9.17) is 0 Å². The summed E-state index contributed by atoms with van der Waals surface area (Å²) < 4.78 is 26.4. The van der Waals surface area contributed by atoms with Gasteiger partial charge in [0.2, 0.25) is 0 Å². The molecule has 0 unspecified atom stereocenters. The van der Waals surface area contributed by atoms with Crippen LogP contribution in [0.1, 0.15) is 20.7 Å². The Morgan fingerprint density at radius 1 is 0.615 bits per heavy atom. The lowest BCUT2D eigenvalue weighted by Crippen LogP contribution is -2.14. The minimum atomic E-state index is -0.506. The van der Waals surface area contributed by atoms with Crippen LogP contribution < -0.4 is 10.6 Å².